The molecule has 2 heterocycles. The topological polar surface area (TPSA) is 31.0 Å². The van der Waals surface area contributed by atoms with E-state index in [1.54, 1.807) is 12.5 Å². The van der Waals surface area contributed by atoms with Crippen LogP contribution in [0.2, 0.25) is 0 Å². The second kappa shape index (κ2) is 2.73. The summed E-state index contributed by atoms with van der Waals surface area (Å²) in [5.74, 6) is 0. The molecule has 3 rings (SSSR count). The van der Waals surface area contributed by atoms with Crippen LogP contribution >= 0.6 is 0 Å². The molecule has 14 heavy (non-hydrogen) atoms. The summed E-state index contributed by atoms with van der Waals surface area (Å²) in [6, 6.07) is 9.86. The Balaban J connectivity index is 2.23. The Morgan fingerprint density at radius 3 is 3.07 bits per heavy atom. The second-order valence-electron chi connectivity index (χ2n) is 3.09. The van der Waals surface area contributed by atoms with Crippen molar-refractivity contribution in [2.24, 2.45) is 0 Å². The summed E-state index contributed by atoms with van der Waals surface area (Å²) in [4.78, 5) is 0. The lowest BCUT2D eigenvalue weighted by atomic mass is 10.2. The molecule has 3 heteroatoms. The number of hydrogen-bond acceptors (Lipinski definition) is 2. The van der Waals surface area contributed by atoms with Gasteiger partial charge in [-0.1, -0.05) is 0 Å². The van der Waals surface area contributed by atoms with E-state index in [4.69, 9.17) is 4.42 Å². The molecule has 1 aromatic carbocycles. The number of rotatable bonds is 1. The van der Waals surface area contributed by atoms with Gasteiger partial charge in [0.05, 0.1) is 12.0 Å². The van der Waals surface area contributed by atoms with Crippen LogP contribution in [-0.4, -0.2) is 9.78 Å². The Hall–Kier alpha value is -2.03. The van der Waals surface area contributed by atoms with Crippen LogP contribution < -0.4 is 0 Å². The maximum atomic E-state index is 5.32. The fourth-order valence-corrected chi connectivity index (χ4v) is 1.51. The zero-order valence-corrected chi connectivity index (χ0v) is 7.42. The zero-order valence-electron chi connectivity index (χ0n) is 7.42. The van der Waals surface area contributed by atoms with Crippen molar-refractivity contribution >= 4 is 11.0 Å². The fourth-order valence-electron chi connectivity index (χ4n) is 1.51. The summed E-state index contributed by atoms with van der Waals surface area (Å²) in [5.41, 5.74) is 1.90. The van der Waals surface area contributed by atoms with Crippen molar-refractivity contribution in [2.45, 2.75) is 0 Å². The molecule has 0 aliphatic carbocycles. The molecule has 0 spiro atoms. The van der Waals surface area contributed by atoms with Crippen molar-refractivity contribution in [3.05, 3.63) is 49.0 Å². The molecule has 0 atom stereocenters. The van der Waals surface area contributed by atoms with Crippen LogP contribution in [0.25, 0.3) is 16.7 Å². The number of hydrogen-bond donors (Lipinski definition) is 0. The summed E-state index contributed by atoms with van der Waals surface area (Å²) in [5, 5.41) is 5.26. The molecule has 0 N–H and O–H groups in total. The third kappa shape index (κ3) is 1.03. The summed E-state index contributed by atoms with van der Waals surface area (Å²) in [6.07, 6.45) is 5.36. The minimum atomic E-state index is 0.887. The first-order valence-corrected chi connectivity index (χ1v) is 4.41. The summed E-state index contributed by atoms with van der Waals surface area (Å²) >= 11 is 0. The Morgan fingerprint density at radius 2 is 2.21 bits per heavy atom. The smallest absolute Gasteiger partial charge is 0.135 e. The van der Waals surface area contributed by atoms with Gasteiger partial charge in [0.25, 0.3) is 0 Å². The normalized spacial score (nSPS) is 10.9. The Kier molecular flexibility index (Phi) is 1.44. The van der Waals surface area contributed by atoms with E-state index in [-0.39, 0.29) is 0 Å². The lowest BCUT2D eigenvalue weighted by Gasteiger charge is -1.99. The van der Waals surface area contributed by atoms with Crippen LogP contribution in [0, 0.1) is 0 Å². The molecule has 0 aliphatic heterocycles. The third-order valence-corrected chi connectivity index (χ3v) is 2.21. The van der Waals surface area contributed by atoms with Crippen molar-refractivity contribution in [2.75, 3.05) is 0 Å². The molecule has 2 aromatic heterocycles. The van der Waals surface area contributed by atoms with E-state index in [0.29, 0.717) is 0 Å². The molecule has 0 bridgehead atoms. The minimum absolute atomic E-state index is 0.887. The molecule has 3 nitrogen and oxygen atoms in total. The Morgan fingerprint density at radius 1 is 1.21 bits per heavy atom. The van der Waals surface area contributed by atoms with Crippen LogP contribution in [0.15, 0.2) is 53.4 Å². The number of furan rings is 1. The third-order valence-electron chi connectivity index (χ3n) is 2.21. The van der Waals surface area contributed by atoms with Crippen molar-refractivity contribution in [1.82, 2.24) is 9.78 Å². The minimum Gasteiger partial charge on any atom is -0.464 e. The summed E-state index contributed by atoms with van der Waals surface area (Å²) < 4.78 is 7.12. The van der Waals surface area contributed by atoms with Crippen molar-refractivity contribution < 1.29 is 4.42 Å². The molecule has 3 aromatic rings. The standard InChI is InChI=1S/C11H8N2O/c1-5-12-13(6-1)10-3-2-9-4-7-14-11(9)8-10/h1-8H. The zero-order chi connectivity index (χ0) is 9.38. The first-order chi connectivity index (χ1) is 6.93. The number of nitrogens with zero attached hydrogens (tertiary/aromatic N) is 2. The van der Waals surface area contributed by atoms with Crippen LogP contribution in [-0.2, 0) is 0 Å². The molecular weight excluding hydrogens is 176 g/mol. The monoisotopic (exact) mass is 184 g/mol. The van der Waals surface area contributed by atoms with E-state index < -0.39 is 0 Å². The van der Waals surface area contributed by atoms with Crippen molar-refractivity contribution in [3.8, 4) is 5.69 Å². The first kappa shape index (κ1) is 7.38. The largest absolute Gasteiger partial charge is 0.464 e. The average molecular weight is 184 g/mol. The van der Waals surface area contributed by atoms with Crippen LogP contribution in [0.4, 0.5) is 0 Å². The molecule has 68 valence electrons. The van der Waals surface area contributed by atoms with E-state index in [1.165, 1.54) is 0 Å². The maximum Gasteiger partial charge on any atom is 0.135 e. The predicted molar refractivity (Wildman–Crippen MR) is 53.3 cm³/mol. The molecule has 0 radical (unpaired) electrons. The van der Waals surface area contributed by atoms with E-state index >= 15 is 0 Å². The van der Waals surface area contributed by atoms with E-state index in [2.05, 4.69) is 5.10 Å². The van der Waals surface area contributed by atoms with Crippen LogP contribution in [0.5, 0.6) is 0 Å². The van der Waals surface area contributed by atoms with Crippen LogP contribution in [0.1, 0.15) is 0 Å². The molecule has 0 aliphatic rings. The van der Waals surface area contributed by atoms with Gasteiger partial charge in [-0.05, 0) is 24.3 Å². The van der Waals surface area contributed by atoms with Gasteiger partial charge in [-0.25, -0.2) is 4.68 Å². The highest BCUT2D eigenvalue weighted by Crippen LogP contribution is 2.18. The lowest BCUT2D eigenvalue weighted by molar-refractivity contribution is 0.615. The molecule has 0 fully saturated rings. The highest BCUT2D eigenvalue weighted by Gasteiger charge is 2.00. The Labute approximate surface area is 80.6 Å². The predicted octanol–water partition coefficient (Wildman–Crippen LogP) is 2.62. The lowest BCUT2D eigenvalue weighted by Crippen LogP contribution is -1.92. The molecule has 0 amide bonds. The number of fused-ring (bicyclic) bond motifs is 1. The maximum absolute atomic E-state index is 5.32. The van der Waals surface area contributed by atoms with Gasteiger partial charge in [-0.3, -0.25) is 0 Å². The van der Waals surface area contributed by atoms with Gasteiger partial charge in [0.15, 0.2) is 0 Å². The van der Waals surface area contributed by atoms with Crippen molar-refractivity contribution in [1.29, 1.82) is 0 Å². The molecular formula is C11H8N2O. The van der Waals surface area contributed by atoms with Gasteiger partial charge < -0.3 is 4.42 Å². The van der Waals surface area contributed by atoms with Gasteiger partial charge >= 0.3 is 0 Å². The van der Waals surface area contributed by atoms with Gasteiger partial charge in [0.1, 0.15) is 5.58 Å². The van der Waals surface area contributed by atoms with Gasteiger partial charge in [-0.2, -0.15) is 5.10 Å². The summed E-state index contributed by atoms with van der Waals surface area (Å²) in [7, 11) is 0. The van der Waals surface area contributed by atoms with E-state index in [1.807, 2.05) is 41.2 Å². The fraction of sp³-hybridized carbons (Fsp3) is 0. The average Bonchev–Trinajstić information content (AvgIpc) is 2.88. The molecule has 0 saturated heterocycles. The molecule has 0 saturated carbocycles. The van der Waals surface area contributed by atoms with Gasteiger partial charge in [-0.15, -0.1) is 0 Å². The van der Waals surface area contributed by atoms with Crippen LogP contribution in [0.3, 0.4) is 0 Å². The highest BCUT2D eigenvalue weighted by atomic mass is 16.3. The van der Waals surface area contributed by atoms with Gasteiger partial charge in [0.2, 0.25) is 0 Å². The number of aromatic nitrogens is 2. The first-order valence-electron chi connectivity index (χ1n) is 4.41. The van der Waals surface area contributed by atoms with E-state index in [9.17, 15) is 0 Å². The Bertz CT molecular complexity index is 551. The van der Waals surface area contributed by atoms with Gasteiger partial charge in [0, 0.05) is 23.8 Å². The molecule has 0 unspecified atom stereocenters. The van der Waals surface area contributed by atoms with Crippen molar-refractivity contribution in [3.63, 3.8) is 0 Å². The second-order valence-corrected chi connectivity index (χ2v) is 3.09. The SMILES string of the molecule is c1cnn(-c2ccc3ccoc3c2)c1. The quantitative estimate of drug-likeness (QED) is 0.582. The van der Waals surface area contributed by atoms with E-state index in [0.717, 1.165) is 16.7 Å². The summed E-state index contributed by atoms with van der Waals surface area (Å²) in [6.45, 7) is 0. The number of benzene rings is 1. The highest BCUT2D eigenvalue weighted by molar-refractivity contribution is 5.79.